The lowest BCUT2D eigenvalue weighted by molar-refractivity contribution is -0.155. The van der Waals surface area contributed by atoms with Crippen LogP contribution in [0.25, 0.3) is 11.5 Å². The van der Waals surface area contributed by atoms with E-state index in [0.717, 1.165) is 4.68 Å². The van der Waals surface area contributed by atoms with Crippen molar-refractivity contribution in [3.63, 3.8) is 0 Å². The molecule has 1 N–H and O–H groups in total. The van der Waals surface area contributed by atoms with Gasteiger partial charge in [-0.25, -0.2) is 9.18 Å². The minimum absolute atomic E-state index is 0.0812. The summed E-state index contributed by atoms with van der Waals surface area (Å²) in [6, 6.07) is 9.54. The van der Waals surface area contributed by atoms with Crippen molar-refractivity contribution >= 4 is 35.1 Å². The molecule has 0 aliphatic heterocycles. The molecule has 0 saturated carbocycles. The molecule has 0 aliphatic carbocycles. The predicted octanol–water partition coefficient (Wildman–Crippen LogP) is 3.76. The van der Waals surface area contributed by atoms with E-state index < -0.39 is 42.1 Å². The molecular weight excluding hydrogens is 464 g/mol. The summed E-state index contributed by atoms with van der Waals surface area (Å²) in [5, 5.41) is 7.43. The summed E-state index contributed by atoms with van der Waals surface area (Å²) in [5.74, 6) is -2.87. The summed E-state index contributed by atoms with van der Waals surface area (Å²) >= 11 is 12.0. The van der Waals surface area contributed by atoms with E-state index in [0.29, 0.717) is 21.2 Å². The second-order valence-electron chi connectivity index (χ2n) is 6.87. The van der Waals surface area contributed by atoms with Gasteiger partial charge in [0.1, 0.15) is 12.4 Å². The quantitative estimate of drug-likeness (QED) is 0.515. The number of rotatable bonds is 7. The van der Waals surface area contributed by atoms with Gasteiger partial charge in [0.05, 0.1) is 6.04 Å². The molecule has 1 aromatic heterocycles. The van der Waals surface area contributed by atoms with E-state index in [-0.39, 0.29) is 5.89 Å². The van der Waals surface area contributed by atoms with Crippen molar-refractivity contribution in [1.29, 1.82) is 0 Å². The Hall–Kier alpha value is -3.17. The van der Waals surface area contributed by atoms with E-state index in [4.69, 9.17) is 32.4 Å². The van der Waals surface area contributed by atoms with Gasteiger partial charge in [0.15, 0.2) is 6.10 Å². The summed E-state index contributed by atoms with van der Waals surface area (Å²) in [6.07, 6.45) is -1.14. The summed E-state index contributed by atoms with van der Waals surface area (Å²) < 4.78 is 23.9. The molecule has 0 spiro atoms. The topological polar surface area (TPSA) is 103 Å². The molecule has 2 atom stereocenters. The molecule has 168 valence electrons. The minimum Gasteiger partial charge on any atom is -0.451 e. The Labute approximate surface area is 191 Å². The van der Waals surface area contributed by atoms with Crippen molar-refractivity contribution in [1.82, 2.24) is 15.1 Å². The van der Waals surface area contributed by atoms with Gasteiger partial charge in [0.2, 0.25) is 5.89 Å². The number of carbonyl (C=O) groups is 2. The van der Waals surface area contributed by atoms with Gasteiger partial charge in [0.25, 0.3) is 5.91 Å². The second-order valence-corrected chi connectivity index (χ2v) is 7.71. The van der Waals surface area contributed by atoms with E-state index in [9.17, 15) is 18.8 Å². The Morgan fingerprint density at radius 2 is 1.88 bits per heavy atom. The molecule has 0 bridgehead atoms. The Bertz CT molecular complexity index is 1190. The number of carbonyl (C=O) groups excluding carboxylic acids is 2. The molecule has 0 aliphatic rings. The normalized spacial score (nSPS) is 12.8. The Kier molecular flexibility index (Phi) is 7.32. The van der Waals surface area contributed by atoms with Crippen LogP contribution >= 0.6 is 23.2 Å². The monoisotopic (exact) mass is 481 g/mol. The molecule has 0 radical (unpaired) electrons. The lowest BCUT2D eigenvalue weighted by Gasteiger charge is -2.19. The molecule has 8 nitrogen and oxygen atoms in total. The second kappa shape index (κ2) is 9.97. The molecular formula is C21H18Cl2FN3O5. The zero-order chi connectivity index (χ0) is 23.4. The third-order valence-corrected chi connectivity index (χ3v) is 5.00. The first-order chi connectivity index (χ1) is 15.1. The van der Waals surface area contributed by atoms with Gasteiger partial charge in [-0.05, 0) is 55.8 Å². The van der Waals surface area contributed by atoms with Crippen molar-refractivity contribution in [2.24, 2.45) is 0 Å². The molecule has 0 fully saturated rings. The smallest absolute Gasteiger partial charge is 0.437 e. The lowest BCUT2D eigenvalue weighted by Crippen LogP contribution is -2.38. The van der Waals surface area contributed by atoms with Crippen LogP contribution in [0.4, 0.5) is 4.39 Å². The maximum absolute atomic E-state index is 13.0. The van der Waals surface area contributed by atoms with Gasteiger partial charge in [0, 0.05) is 15.6 Å². The van der Waals surface area contributed by atoms with Gasteiger partial charge >= 0.3 is 11.7 Å². The molecule has 0 saturated heterocycles. The molecule has 3 aromatic rings. The number of nitrogens with zero attached hydrogens (tertiary/aromatic N) is 2. The fraction of sp³-hybridized carbons (Fsp3) is 0.238. The first-order valence-electron chi connectivity index (χ1n) is 9.42. The molecule has 11 heteroatoms. The Morgan fingerprint density at radius 3 is 2.53 bits per heavy atom. The average Bonchev–Trinajstić information content (AvgIpc) is 3.08. The van der Waals surface area contributed by atoms with Gasteiger partial charge < -0.3 is 14.5 Å². The number of hydrogen-bond acceptors (Lipinski definition) is 6. The molecule has 1 heterocycles. The van der Waals surface area contributed by atoms with Crippen LogP contribution in [0.3, 0.4) is 0 Å². The standard InChI is InChI=1S/C21H18Cl2FN3O5/c1-11(16-8-5-14(22)9-17(16)23)25-19(29)12(2)31-18(28)10-27-21(30)32-20(26-27)13-3-6-15(24)7-4-13/h3-9,11-12H,10H2,1-2H3,(H,25,29). The number of benzene rings is 2. The lowest BCUT2D eigenvalue weighted by atomic mass is 10.1. The van der Waals surface area contributed by atoms with Gasteiger partial charge in [-0.15, -0.1) is 5.10 Å². The Morgan fingerprint density at radius 1 is 1.19 bits per heavy atom. The number of aromatic nitrogens is 2. The fourth-order valence-corrected chi connectivity index (χ4v) is 3.36. The highest BCUT2D eigenvalue weighted by atomic mass is 35.5. The SMILES string of the molecule is CC(OC(=O)Cn1nc(-c2ccc(F)cc2)oc1=O)C(=O)NC(C)c1ccc(Cl)cc1Cl. The summed E-state index contributed by atoms with van der Waals surface area (Å²) in [4.78, 5) is 36.5. The maximum Gasteiger partial charge on any atom is 0.437 e. The van der Waals surface area contributed by atoms with Crippen molar-refractivity contribution in [2.45, 2.75) is 32.5 Å². The fourth-order valence-electron chi connectivity index (χ4n) is 2.79. The number of halogens is 3. The van der Waals surface area contributed by atoms with Crippen LogP contribution in [-0.2, 0) is 20.9 Å². The van der Waals surface area contributed by atoms with Gasteiger partial charge in [-0.3, -0.25) is 9.59 Å². The van der Waals surface area contributed by atoms with E-state index in [1.807, 2.05) is 0 Å². The third-order valence-electron chi connectivity index (χ3n) is 4.44. The Balaban J connectivity index is 1.59. The molecule has 2 unspecified atom stereocenters. The van der Waals surface area contributed by atoms with Crippen molar-refractivity contribution in [2.75, 3.05) is 0 Å². The van der Waals surface area contributed by atoms with Crippen LogP contribution in [0.2, 0.25) is 10.0 Å². The van der Waals surface area contributed by atoms with Crippen LogP contribution in [0.15, 0.2) is 51.7 Å². The number of ether oxygens (including phenoxy) is 1. The first kappa shape index (κ1) is 23.5. The van der Waals surface area contributed by atoms with E-state index in [1.54, 1.807) is 25.1 Å². The highest BCUT2D eigenvalue weighted by molar-refractivity contribution is 6.35. The highest BCUT2D eigenvalue weighted by Gasteiger charge is 2.22. The minimum atomic E-state index is -1.14. The molecule has 3 rings (SSSR count). The number of amides is 1. The van der Waals surface area contributed by atoms with E-state index in [2.05, 4.69) is 10.4 Å². The van der Waals surface area contributed by atoms with Crippen LogP contribution in [0, 0.1) is 5.82 Å². The summed E-state index contributed by atoms with van der Waals surface area (Å²) in [5.41, 5.74) is 1.00. The van der Waals surface area contributed by atoms with Crippen LogP contribution in [0.1, 0.15) is 25.5 Å². The number of esters is 1. The van der Waals surface area contributed by atoms with E-state index >= 15 is 0 Å². The average molecular weight is 482 g/mol. The number of nitrogens with one attached hydrogen (secondary N) is 1. The predicted molar refractivity (Wildman–Crippen MR) is 115 cm³/mol. The summed E-state index contributed by atoms with van der Waals surface area (Å²) in [7, 11) is 0. The maximum atomic E-state index is 13.0. The zero-order valence-electron chi connectivity index (χ0n) is 17.0. The number of hydrogen-bond donors (Lipinski definition) is 1. The van der Waals surface area contributed by atoms with Gasteiger partial charge in [-0.2, -0.15) is 4.68 Å². The van der Waals surface area contributed by atoms with Crippen LogP contribution in [-0.4, -0.2) is 27.8 Å². The highest BCUT2D eigenvalue weighted by Crippen LogP contribution is 2.26. The molecule has 2 aromatic carbocycles. The third kappa shape index (κ3) is 5.74. The van der Waals surface area contributed by atoms with Crippen LogP contribution < -0.4 is 11.1 Å². The van der Waals surface area contributed by atoms with Crippen molar-refractivity contribution in [3.05, 3.63) is 74.4 Å². The molecule has 1 amide bonds. The molecule has 32 heavy (non-hydrogen) atoms. The van der Waals surface area contributed by atoms with Gasteiger partial charge in [-0.1, -0.05) is 29.3 Å². The zero-order valence-corrected chi connectivity index (χ0v) is 18.5. The summed E-state index contributed by atoms with van der Waals surface area (Å²) in [6.45, 7) is 2.53. The largest absolute Gasteiger partial charge is 0.451 e. The first-order valence-corrected chi connectivity index (χ1v) is 10.2. The van der Waals surface area contributed by atoms with Crippen molar-refractivity contribution in [3.8, 4) is 11.5 Å². The van der Waals surface area contributed by atoms with Crippen molar-refractivity contribution < 1.29 is 23.1 Å². The van der Waals surface area contributed by atoms with Crippen LogP contribution in [0.5, 0.6) is 0 Å². The van der Waals surface area contributed by atoms with E-state index in [1.165, 1.54) is 31.2 Å².